The van der Waals surface area contributed by atoms with E-state index in [0.29, 0.717) is 5.75 Å². The molecule has 2 aromatic rings. The van der Waals surface area contributed by atoms with Crippen molar-refractivity contribution in [1.29, 1.82) is 5.26 Å². The molecule has 0 bridgehead atoms. The molecule has 1 aromatic heterocycles. The molecule has 94 valence electrons. The van der Waals surface area contributed by atoms with E-state index in [2.05, 4.69) is 4.98 Å². The average Bonchev–Trinajstić information content (AvgIpc) is 2.41. The van der Waals surface area contributed by atoms with E-state index in [1.807, 2.05) is 28.7 Å². The summed E-state index contributed by atoms with van der Waals surface area (Å²) in [4.78, 5) is 15.0. The number of rotatable bonds is 3. The zero-order valence-electron chi connectivity index (χ0n) is 9.50. The maximum Gasteiger partial charge on any atom is 0.339 e. The van der Waals surface area contributed by atoms with Gasteiger partial charge < -0.3 is 9.84 Å². The van der Waals surface area contributed by atoms with E-state index in [4.69, 9.17) is 15.1 Å². The molecular weight excluding hydrogens is 359 g/mol. The molecule has 0 fully saturated rings. The molecule has 1 N–H and O–H groups in total. The van der Waals surface area contributed by atoms with Crippen molar-refractivity contribution < 1.29 is 14.6 Å². The molecule has 0 atom stereocenters. The predicted octanol–water partition coefficient (Wildman–Crippen LogP) is 3.05. The molecule has 0 radical (unpaired) electrons. The number of carboxylic acids is 1. The monoisotopic (exact) mass is 366 g/mol. The molecule has 2 rings (SSSR count). The Kier molecular flexibility index (Phi) is 3.97. The van der Waals surface area contributed by atoms with Gasteiger partial charge in [0.15, 0.2) is 0 Å². The van der Waals surface area contributed by atoms with Crippen LogP contribution in [0.25, 0.3) is 0 Å². The van der Waals surface area contributed by atoms with Crippen molar-refractivity contribution in [2.75, 3.05) is 0 Å². The Morgan fingerprint density at radius 3 is 2.84 bits per heavy atom. The summed E-state index contributed by atoms with van der Waals surface area (Å²) in [5.41, 5.74) is 0.280. The number of benzene rings is 1. The predicted molar refractivity (Wildman–Crippen MR) is 75.1 cm³/mol. The molecule has 19 heavy (non-hydrogen) atoms. The molecule has 6 heteroatoms. The highest BCUT2D eigenvalue weighted by Gasteiger charge is 2.12. The van der Waals surface area contributed by atoms with Gasteiger partial charge in [0.2, 0.25) is 0 Å². The Hall–Kier alpha value is -2.14. The molecular formula is C13H7IN2O3. The molecule has 5 nitrogen and oxygen atoms in total. The van der Waals surface area contributed by atoms with Crippen LogP contribution in [0, 0.1) is 14.9 Å². The van der Waals surface area contributed by atoms with Gasteiger partial charge in [-0.05, 0) is 46.9 Å². The number of aromatic nitrogens is 1. The lowest BCUT2D eigenvalue weighted by Gasteiger charge is -2.09. The van der Waals surface area contributed by atoms with Crippen LogP contribution in [0.3, 0.4) is 0 Å². The Bertz CT molecular complexity index is 680. The van der Waals surface area contributed by atoms with Gasteiger partial charge in [0.05, 0.1) is 0 Å². The van der Waals surface area contributed by atoms with Gasteiger partial charge in [0.1, 0.15) is 28.8 Å². The highest BCUT2D eigenvalue weighted by atomic mass is 127. The number of pyridine rings is 1. The number of hydrogen-bond acceptors (Lipinski definition) is 4. The van der Waals surface area contributed by atoms with Crippen molar-refractivity contribution in [3.63, 3.8) is 0 Å². The summed E-state index contributed by atoms with van der Waals surface area (Å²) in [5.74, 6) is -0.471. The zero-order chi connectivity index (χ0) is 13.8. The van der Waals surface area contributed by atoms with Crippen molar-refractivity contribution in [1.82, 2.24) is 4.98 Å². The summed E-state index contributed by atoms with van der Waals surface area (Å²) in [6.07, 6.45) is 1.43. The van der Waals surface area contributed by atoms with E-state index in [-0.39, 0.29) is 17.0 Å². The van der Waals surface area contributed by atoms with E-state index < -0.39 is 5.97 Å². The molecule has 1 heterocycles. The van der Waals surface area contributed by atoms with E-state index in [9.17, 15) is 4.79 Å². The summed E-state index contributed by atoms with van der Waals surface area (Å²) in [5, 5.41) is 17.9. The first-order chi connectivity index (χ1) is 9.10. The standard InChI is InChI=1S/C13H7IN2O3/c14-8-1-2-12(11(5-8)13(17)18)19-10-3-4-16-9(6-10)7-15/h1-6H,(H,17,18). The minimum Gasteiger partial charge on any atom is -0.478 e. The molecule has 0 unspecified atom stereocenters. The minimum absolute atomic E-state index is 0.0715. The van der Waals surface area contributed by atoms with Gasteiger partial charge in [0.25, 0.3) is 0 Å². The molecule has 0 saturated carbocycles. The third-order valence-electron chi connectivity index (χ3n) is 2.25. The fraction of sp³-hybridized carbons (Fsp3) is 0. The lowest BCUT2D eigenvalue weighted by atomic mass is 10.2. The van der Waals surface area contributed by atoms with Crippen LogP contribution in [0.1, 0.15) is 16.1 Å². The number of nitrogens with zero attached hydrogens (tertiary/aromatic N) is 2. The molecule has 0 aliphatic carbocycles. The van der Waals surface area contributed by atoms with E-state index in [0.717, 1.165) is 3.57 Å². The van der Waals surface area contributed by atoms with E-state index in [1.54, 1.807) is 18.2 Å². The summed E-state index contributed by atoms with van der Waals surface area (Å²) < 4.78 is 6.29. The molecule has 0 saturated heterocycles. The molecule has 1 aromatic carbocycles. The number of carbonyl (C=O) groups is 1. The van der Waals surface area contributed by atoms with Crippen LogP contribution >= 0.6 is 22.6 Å². The van der Waals surface area contributed by atoms with Crippen molar-refractivity contribution in [2.45, 2.75) is 0 Å². The molecule has 0 aliphatic heterocycles. The fourth-order valence-corrected chi connectivity index (χ4v) is 1.91. The highest BCUT2D eigenvalue weighted by Crippen LogP contribution is 2.27. The van der Waals surface area contributed by atoms with Crippen LogP contribution in [0.5, 0.6) is 11.5 Å². The topological polar surface area (TPSA) is 83.2 Å². The first kappa shape index (κ1) is 13.3. The van der Waals surface area contributed by atoms with Crippen molar-refractivity contribution in [3.8, 4) is 17.6 Å². The lowest BCUT2D eigenvalue weighted by molar-refractivity contribution is 0.0694. The SMILES string of the molecule is N#Cc1cc(Oc2ccc(I)cc2C(=O)O)ccn1. The van der Waals surface area contributed by atoms with Crippen LogP contribution in [0.4, 0.5) is 0 Å². The molecule has 0 aliphatic rings. The van der Waals surface area contributed by atoms with Crippen LogP contribution in [0.2, 0.25) is 0 Å². The number of nitriles is 1. The number of hydrogen-bond donors (Lipinski definition) is 1. The zero-order valence-corrected chi connectivity index (χ0v) is 11.7. The largest absolute Gasteiger partial charge is 0.478 e. The highest BCUT2D eigenvalue weighted by molar-refractivity contribution is 14.1. The smallest absolute Gasteiger partial charge is 0.339 e. The Labute approximate surface area is 122 Å². The number of ether oxygens (including phenoxy) is 1. The first-order valence-corrected chi connectivity index (χ1v) is 6.25. The van der Waals surface area contributed by atoms with Gasteiger partial charge in [-0.3, -0.25) is 0 Å². The summed E-state index contributed by atoms with van der Waals surface area (Å²) in [7, 11) is 0. The van der Waals surface area contributed by atoms with E-state index in [1.165, 1.54) is 18.3 Å². The van der Waals surface area contributed by atoms with Crippen molar-refractivity contribution in [2.24, 2.45) is 0 Å². The second-order valence-corrected chi connectivity index (χ2v) is 4.78. The second-order valence-electron chi connectivity index (χ2n) is 3.54. The first-order valence-electron chi connectivity index (χ1n) is 5.17. The fourth-order valence-electron chi connectivity index (χ4n) is 1.42. The normalized spacial score (nSPS) is 9.68. The van der Waals surface area contributed by atoms with Crippen molar-refractivity contribution in [3.05, 3.63) is 51.4 Å². The average molecular weight is 366 g/mol. The lowest BCUT2D eigenvalue weighted by Crippen LogP contribution is -2.00. The quantitative estimate of drug-likeness (QED) is 0.845. The maximum atomic E-state index is 11.1. The number of carboxylic acid groups (broad SMARTS) is 1. The van der Waals surface area contributed by atoms with Crippen LogP contribution in [-0.2, 0) is 0 Å². The third-order valence-corrected chi connectivity index (χ3v) is 2.92. The van der Waals surface area contributed by atoms with Crippen LogP contribution in [-0.4, -0.2) is 16.1 Å². The van der Waals surface area contributed by atoms with Gasteiger partial charge in [-0.25, -0.2) is 9.78 Å². The summed E-state index contributed by atoms with van der Waals surface area (Å²) in [6, 6.07) is 9.74. The van der Waals surface area contributed by atoms with Gasteiger partial charge >= 0.3 is 5.97 Å². The number of aromatic carboxylic acids is 1. The Balaban J connectivity index is 2.38. The van der Waals surface area contributed by atoms with Gasteiger partial charge in [0, 0.05) is 15.8 Å². The second kappa shape index (κ2) is 5.67. The van der Waals surface area contributed by atoms with Crippen molar-refractivity contribution >= 4 is 28.6 Å². The van der Waals surface area contributed by atoms with Gasteiger partial charge in [-0.1, -0.05) is 0 Å². The van der Waals surface area contributed by atoms with Gasteiger partial charge in [-0.2, -0.15) is 5.26 Å². The molecule has 0 spiro atoms. The number of halogens is 1. The van der Waals surface area contributed by atoms with Crippen LogP contribution < -0.4 is 4.74 Å². The molecule has 0 amide bonds. The summed E-state index contributed by atoms with van der Waals surface area (Å²) in [6.45, 7) is 0. The summed E-state index contributed by atoms with van der Waals surface area (Å²) >= 11 is 2.03. The van der Waals surface area contributed by atoms with Gasteiger partial charge in [-0.15, -0.1) is 0 Å². The Morgan fingerprint density at radius 1 is 1.37 bits per heavy atom. The van der Waals surface area contributed by atoms with Crippen LogP contribution in [0.15, 0.2) is 36.5 Å². The maximum absolute atomic E-state index is 11.1. The Morgan fingerprint density at radius 2 is 2.16 bits per heavy atom. The minimum atomic E-state index is -1.07. The van der Waals surface area contributed by atoms with E-state index >= 15 is 0 Å². The third kappa shape index (κ3) is 3.20.